The summed E-state index contributed by atoms with van der Waals surface area (Å²) in [5, 5.41) is 12.8. The number of rotatable bonds is 5. The zero-order valence-electron chi connectivity index (χ0n) is 12.0. The number of aryl methyl sites for hydroxylation is 1. The highest BCUT2D eigenvalue weighted by atomic mass is 16.5. The summed E-state index contributed by atoms with van der Waals surface area (Å²) in [5.41, 5.74) is 1.80. The Bertz CT molecular complexity index is 628. The zero-order valence-corrected chi connectivity index (χ0v) is 12.0. The Balaban J connectivity index is 1.97. The number of carbonyl (C=O) groups excluding carboxylic acids is 1. The third-order valence-corrected chi connectivity index (χ3v) is 3.06. The predicted molar refractivity (Wildman–Crippen MR) is 79.3 cm³/mol. The molecule has 110 valence electrons. The van der Waals surface area contributed by atoms with Crippen LogP contribution < -0.4 is 10.1 Å². The molecule has 2 aromatic rings. The molecule has 2 rings (SSSR count). The van der Waals surface area contributed by atoms with Crippen molar-refractivity contribution in [2.75, 3.05) is 13.7 Å². The van der Waals surface area contributed by atoms with E-state index in [1.807, 2.05) is 13.0 Å². The van der Waals surface area contributed by atoms with Crippen LogP contribution in [0.15, 0.2) is 42.5 Å². The lowest BCUT2D eigenvalue weighted by Crippen LogP contribution is -2.29. The second-order valence-corrected chi connectivity index (χ2v) is 4.67. The topological polar surface area (TPSA) is 71.5 Å². The number of pyridine rings is 1. The monoisotopic (exact) mass is 286 g/mol. The van der Waals surface area contributed by atoms with Crippen LogP contribution in [0, 0.1) is 6.92 Å². The Morgan fingerprint density at radius 2 is 2.10 bits per heavy atom. The van der Waals surface area contributed by atoms with Crippen molar-refractivity contribution >= 4 is 5.91 Å². The van der Waals surface area contributed by atoms with Gasteiger partial charge in [-0.15, -0.1) is 0 Å². The molecular formula is C16H18N2O3. The fourth-order valence-corrected chi connectivity index (χ4v) is 1.92. The highest BCUT2D eigenvalue weighted by molar-refractivity contribution is 5.92. The van der Waals surface area contributed by atoms with E-state index < -0.39 is 6.10 Å². The number of nitrogens with zero attached hydrogens (tertiary/aromatic N) is 1. The lowest BCUT2D eigenvalue weighted by atomic mass is 10.1. The molecule has 0 saturated carbocycles. The molecule has 0 aliphatic carbocycles. The molecule has 0 aliphatic rings. The average Bonchev–Trinajstić information content (AvgIpc) is 2.52. The number of nitrogens with one attached hydrogen (secondary N) is 1. The quantitative estimate of drug-likeness (QED) is 0.880. The molecule has 2 N–H and O–H groups in total. The molecule has 1 amide bonds. The molecule has 5 nitrogen and oxygen atoms in total. The van der Waals surface area contributed by atoms with E-state index in [0.717, 1.165) is 5.69 Å². The van der Waals surface area contributed by atoms with Crippen LogP contribution >= 0.6 is 0 Å². The van der Waals surface area contributed by atoms with Crippen LogP contribution in [0.5, 0.6) is 5.75 Å². The number of hydrogen-bond acceptors (Lipinski definition) is 4. The van der Waals surface area contributed by atoms with Gasteiger partial charge in [-0.05, 0) is 36.8 Å². The van der Waals surface area contributed by atoms with Crippen LogP contribution in [0.2, 0.25) is 0 Å². The number of aromatic nitrogens is 1. The minimum absolute atomic E-state index is 0.113. The Morgan fingerprint density at radius 3 is 2.81 bits per heavy atom. The highest BCUT2D eigenvalue weighted by Crippen LogP contribution is 2.18. The Labute approximate surface area is 123 Å². The van der Waals surface area contributed by atoms with Crippen molar-refractivity contribution in [2.45, 2.75) is 13.0 Å². The smallest absolute Gasteiger partial charge is 0.269 e. The molecule has 1 atom stereocenters. The van der Waals surface area contributed by atoms with Crippen LogP contribution in [-0.2, 0) is 0 Å². The van der Waals surface area contributed by atoms with E-state index in [2.05, 4.69) is 10.3 Å². The number of carbonyl (C=O) groups is 1. The fraction of sp³-hybridized carbons (Fsp3) is 0.250. The van der Waals surface area contributed by atoms with Crippen molar-refractivity contribution in [1.82, 2.24) is 10.3 Å². The van der Waals surface area contributed by atoms with Gasteiger partial charge < -0.3 is 15.2 Å². The third-order valence-electron chi connectivity index (χ3n) is 3.06. The Kier molecular flexibility index (Phi) is 4.90. The van der Waals surface area contributed by atoms with E-state index >= 15 is 0 Å². The van der Waals surface area contributed by atoms with Crippen molar-refractivity contribution in [3.05, 3.63) is 59.4 Å². The third kappa shape index (κ3) is 4.03. The normalized spacial score (nSPS) is 11.8. The minimum Gasteiger partial charge on any atom is -0.497 e. The number of amides is 1. The first kappa shape index (κ1) is 15.0. The van der Waals surface area contributed by atoms with Gasteiger partial charge in [-0.2, -0.15) is 0 Å². The standard InChI is InChI=1S/C16H18N2O3/c1-11-5-3-8-14(18-11)16(20)17-10-15(19)12-6-4-7-13(9-12)21-2/h3-9,15,19H,10H2,1-2H3,(H,17,20). The first-order chi connectivity index (χ1) is 10.1. The van der Waals surface area contributed by atoms with Gasteiger partial charge in [0.2, 0.25) is 0 Å². The summed E-state index contributed by atoms with van der Waals surface area (Å²) in [7, 11) is 1.57. The molecule has 0 saturated heterocycles. The van der Waals surface area contributed by atoms with Gasteiger partial charge in [-0.25, -0.2) is 4.98 Å². The highest BCUT2D eigenvalue weighted by Gasteiger charge is 2.12. The van der Waals surface area contributed by atoms with E-state index in [9.17, 15) is 9.90 Å². The van der Waals surface area contributed by atoms with Gasteiger partial charge in [0.25, 0.3) is 5.91 Å². The molecule has 0 fully saturated rings. The molecule has 0 spiro atoms. The van der Waals surface area contributed by atoms with E-state index in [1.165, 1.54) is 0 Å². The number of hydrogen-bond donors (Lipinski definition) is 2. The molecule has 0 bridgehead atoms. The van der Waals surface area contributed by atoms with Crippen LogP contribution in [-0.4, -0.2) is 29.7 Å². The molecular weight excluding hydrogens is 268 g/mol. The van der Waals surface area contributed by atoms with Crippen molar-refractivity contribution in [1.29, 1.82) is 0 Å². The number of methoxy groups -OCH3 is 1. The molecule has 1 heterocycles. The summed E-state index contributed by atoms with van der Waals surface area (Å²) in [6, 6.07) is 12.3. The zero-order chi connectivity index (χ0) is 15.2. The van der Waals surface area contributed by atoms with E-state index in [-0.39, 0.29) is 12.5 Å². The van der Waals surface area contributed by atoms with Crippen molar-refractivity contribution in [3.8, 4) is 5.75 Å². The second-order valence-electron chi connectivity index (χ2n) is 4.67. The molecule has 1 aromatic heterocycles. The number of aliphatic hydroxyl groups excluding tert-OH is 1. The number of ether oxygens (including phenoxy) is 1. The SMILES string of the molecule is COc1cccc(C(O)CNC(=O)c2cccc(C)n2)c1. The molecule has 1 aromatic carbocycles. The number of aliphatic hydroxyl groups is 1. The van der Waals surface area contributed by atoms with Gasteiger partial charge in [-0.1, -0.05) is 18.2 Å². The summed E-state index contributed by atoms with van der Waals surface area (Å²) in [4.78, 5) is 16.1. The van der Waals surface area contributed by atoms with E-state index in [4.69, 9.17) is 4.74 Å². The summed E-state index contributed by atoms with van der Waals surface area (Å²) in [5.74, 6) is 0.360. The lowest BCUT2D eigenvalue weighted by Gasteiger charge is -2.13. The summed E-state index contributed by atoms with van der Waals surface area (Å²) >= 11 is 0. The maximum absolute atomic E-state index is 11.9. The molecule has 21 heavy (non-hydrogen) atoms. The van der Waals surface area contributed by atoms with Crippen LogP contribution in [0.4, 0.5) is 0 Å². The molecule has 0 radical (unpaired) electrons. The predicted octanol–water partition coefficient (Wildman–Crippen LogP) is 1.86. The first-order valence-electron chi connectivity index (χ1n) is 6.64. The Hall–Kier alpha value is -2.40. The second kappa shape index (κ2) is 6.85. The van der Waals surface area contributed by atoms with Gasteiger partial charge >= 0.3 is 0 Å². The summed E-state index contributed by atoms with van der Waals surface area (Å²) in [6.45, 7) is 1.93. The maximum Gasteiger partial charge on any atom is 0.269 e. The van der Waals surface area contributed by atoms with Gasteiger partial charge in [-0.3, -0.25) is 4.79 Å². The van der Waals surface area contributed by atoms with E-state index in [0.29, 0.717) is 17.0 Å². The summed E-state index contributed by atoms with van der Waals surface area (Å²) < 4.78 is 5.10. The minimum atomic E-state index is -0.797. The Morgan fingerprint density at radius 1 is 1.33 bits per heavy atom. The van der Waals surface area contributed by atoms with Crippen molar-refractivity contribution < 1.29 is 14.6 Å². The van der Waals surface area contributed by atoms with Crippen LogP contribution in [0.3, 0.4) is 0 Å². The summed E-state index contributed by atoms with van der Waals surface area (Å²) in [6.07, 6.45) is -0.797. The van der Waals surface area contributed by atoms with Gasteiger partial charge in [0.05, 0.1) is 13.2 Å². The molecule has 0 aliphatic heterocycles. The largest absolute Gasteiger partial charge is 0.497 e. The van der Waals surface area contributed by atoms with E-state index in [1.54, 1.807) is 43.5 Å². The van der Waals surface area contributed by atoms with Gasteiger partial charge in [0.1, 0.15) is 11.4 Å². The van der Waals surface area contributed by atoms with Gasteiger partial charge in [0, 0.05) is 12.2 Å². The lowest BCUT2D eigenvalue weighted by molar-refractivity contribution is 0.0911. The fourth-order valence-electron chi connectivity index (χ4n) is 1.92. The van der Waals surface area contributed by atoms with Crippen molar-refractivity contribution in [3.63, 3.8) is 0 Å². The number of benzene rings is 1. The van der Waals surface area contributed by atoms with Gasteiger partial charge in [0.15, 0.2) is 0 Å². The maximum atomic E-state index is 11.9. The van der Waals surface area contributed by atoms with Crippen LogP contribution in [0.25, 0.3) is 0 Å². The molecule has 5 heteroatoms. The van der Waals surface area contributed by atoms with Crippen molar-refractivity contribution in [2.24, 2.45) is 0 Å². The average molecular weight is 286 g/mol. The first-order valence-corrected chi connectivity index (χ1v) is 6.64. The van der Waals surface area contributed by atoms with Crippen LogP contribution in [0.1, 0.15) is 27.8 Å². The molecule has 1 unspecified atom stereocenters.